The molecule has 3 rings (SSSR count). The van der Waals surface area contributed by atoms with E-state index in [1.807, 2.05) is 36.4 Å². The predicted molar refractivity (Wildman–Crippen MR) is 114 cm³/mol. The Morgan fingerprint density at radius 3 is 2.57 bits per heavy atom. The minimum absolute atomic E-state index is 0.121. The number of amides is 1. The van der Waals surface area contributed by atoms with Gasteiger partial charge in [0.2, 0.25) is 0 Å². The Morgan fingerprint density at radius 2 is 1.86 bits per heavy atom. The van der Waals surface area contributed by atoms with Crippen LogP contribution in [0.2, 0.25) is 0 Å². The van der Waals surface area contributed by atoms with Crippen LogP contribution in [0.1, 0.15) is 36.7 Å². The topological polar surface area (TPSA) is 59.6 Å². The Morgan fingerprint density at radius 1 is 1.11 bits per heavy atom. The standard InChI is InChI=1S/C23H28N2O3/c1-15-14-23(2,3)25-18-11-10-17(16-8-6-7-9-19(16)28-5)21(20(15)18)22(26)24-12-13-27-4/h6-11,14,25H,12-13H2,1-5H3,(H,24,26). The van der Waals surface area contributed by atoms with Crippen LogP contribution in [0, 0.1) is 0 Å². The quantitative estimate of drug-likeness (QED) is 0.732. The zero-order valence-electron chi connectivity index (χ0n) is 17.2. The van der Waals surface area contributed by atoms with Crippen LogP contribution in [0.3, 0.4) is 0 Å². The van der Waals surface area contributed by atoms with Crippen molar-refractivity contribution in [2.45, 2.75) is 26.3 Å². The van der Waals surface area contributed by atoms with Gasteiger partial charge < -0.3 is 20.1 Å². The van der Waals surface area contributed by atoms with E-state index in [2.05, 4.69) is 37.5 Å². The fourth-order valence-electron chi connectivity index (χ4n) is 3.80. The molecule has 0 bridgehead atoms. The van der Waals surface area contributed by atoms with Crippen molar-refractivity contribution in [3.63, 3.8) is 0 Å². The first-order valence-electron chi connectivity index (χ1n) is 9.43. The number of allylic oxidation sites excluding steroid dienone is 1. The average Bonchev–Trinajstić information content (AvgIpc) is 2.66. The summed E-state index contributed by atoms with van der Waals surface area (Å²) in [5, 5.41) is 6.50. The molecule has 0 radical (unpaired) electrons. The van der Waals surface area contributed by atoms with Crippen LogP contribution < -0.4 is 15.4 Å². The van der Waals surface area contributed by atoms with Gasteiger partial charge >= 0.3 is 0 Å². The maximum Gasteiger partial charge on any atom is 0.252 e. The van der Waals surface area contributed by atoms with Crippen molar-refractivity contribution in [2.75, 3.05) is 32.7 Å². The average molecular weight is 380 g/mol. The first-order valence-corrected chi connectivity index (χ1v) is 9.43. The van der Waals surface area contributed by atoms with Gasteiger partial charge in [-0.3, -0.25) is 4.79 Å². The predicted octanol–water partition coefficient (Wildman–Crippen LogP) is 4.35. The third-order valence-electron chi connectivity index (χ3n) is 4.85. The molecular weight excluding hydrogens is 352 g/mol. The highest BCUT2D eigenvalue weighted by Gasteiger charge is 2.29. The minimum Gasteiger partial charge on any atom is -0.496 e. The van der Waals surface area contributed by atoms with E-state index in [-0.39, 0.29) is 11.4 Å². The van der Waals surface area contributed by atoms with E-state index in [1.165, 1.54) is 0 Å². The van der Waals surface area contributed by atoms with Crippen LogP contribution in [-0.2, 0) is 4.74 Å². The van der Waals surface area contributed by atoms with Crippen molar-refractivity contribution in [2.24, 2.45) is 0 Å². The number of rotatable bonds is 6. The van der Waals surface area contributed by atoms with Gasteiger partial charge in [-0.05, 0) is 44.0 Å². The first-order chi connectivity index (χ1) is 13.4. The molecule has 2 N–H and O–H groups in total. The smallest absolute Gasteiger partial charge is 0.252 e. The molecule has 5 heteroatoms. The molecule has 0 saturated heterocycles. The second kappa shape index (κ2) is 8.07. The normalized spacial score (nSPS) is 14.5. The van der Waals surface area contributed by atoms with Crippen molar-refractivity contribution in [1.29, 1.82) is 0 Å². The summed E-state index contributed by atoms with van der Waals surface area (Å²) < 4.78 is 10.6. The SMILES string of the molecule is COCCNC(=O)c1c(-c2ccccc2OC)ccc2c1C(C)=CC(C)(C)N2. The molecule has 2 aromatic rings. The number of hydrogen-bond acceptors (Lipinski definition) is 4. The number of ether oxygens (including phenoxy) is 2. The number of hydrogen-bond donors (Lipinski definition) is 2. The highest BCUT2D eigenvalue weighted by Crippen LogP contribution is 2.42. The minimum atomic E-state index is -0.174. The van der Waals surface area contributed by atoms with Gasteiger partial charge in [0, 0.05) is 30.5 Å². The van der Waals surface area contributed by atoms with E-state index in [0.29, 0.717) is 18.7 Å². The van der Waals surface area contributed by atoms with Crippen LogP contribution in [0.5, 0.6) is 5.75 Å². The highest BCUT2D eigenvalue weighted by atomic mass is 16.5. The summed E-state index contributed by atoms with van der Waals surface area (Å²) in [6.45, 7) is 7.20. The lowest BCUT2D eigenvalue weighted by Crippen LogP contribution is -2.34. The summed E-state index contributed by atoms with van der Waals surface area (Å²) in [7, 11) is 3.26. The van der Waals surface area contributed by atoms with Gasteiger partial charge in [-0.15, -0.1) is 0 Å². The van der Waals surface area contributed by atoms with Crippen molar-refractivity contribution in [1.82, 2.24) is 5.32 Å². The summed E-state index contributed by atoms with van der Waals surface area (Å²) in [6, 6.07) is 11.8. The van der Waals surface area contributed by atoms with Crippen LogP contribution in [0.25, 0.3) is 16.7 Å². The van der Waals surface area contributed by atoms with Gasteiger partial charge in [-0.25, -0.2) is 0 Å². The monoisotopic (exact) mass is 380 g/mol. The number of fused-ring (bicyclic) bond motifs is 1. The van der Waals surface area contributed by atoms with Gasteiger partial charge in [-0.1, -0.05) is 30.3 Å². The molecule has 5 nitrogen and oxygen atoms in total. The fourth-order valence-corrected chi connectivity index (χ4v) is 3.80. The molecule has 1 aliphatic heterocycles. The lowest BCUT2D eigenvalue weighted by molar-refractivity contribution is 0.0937. The van der Waals surface area contributed by atoms with Crippen molar-refractivity contribution in [3.8, 4) is 16.9 Å². The summed E-state index contributed by atoms with van der Waals surface area (Å²) in [5.41, 5.74) is 5.18. The Bertz CT molecular complexity index is 916. The second-order valence-corrected chi connectivity index (χ2v) is 7.53. The van der Waals surface area contributed by atoms with Crippen molar-refractivity contribution < 1.29 is 14.3 Å². The first kappa shape index (κ1) is 20.0. The Balaban J connectivity index is 2.21. The molecule has 0 unspecified atom stereocenters. The van der Waals surface area contributed by atoms with Gasteiger partial charge in [0.25, 0.3) is 5.91 Å². The van der Waals surface area contributed by atoms with E-state index in [9.17, 15) is 4.79 Å². The molecule has 0 atom stereocenters. The number of para-hydroxylation sites is 1. The van der Waals surface area contributed by atoms with E-state index in [0.717, 1.165) is 33.7 Å². The summed E-state index contributed by atoms with van der Waals surface area (Å²) in [4.78, 5) is 13.2. The number of carbonyl (C=O) groups excluding carboxylic acids is 1. The molecule has 0 spiro atoms. The fraction of sp³-hybridized carbons (Fsp3) is 0.348. The van der Waals surface area contributed by atoms with E-state index < -0.39 is 0 Å². The molecule has 1 aliphatic rings. The van der Waals surface area contributed by atoms with E-state index in [4.69, 9.17) is 9.47 Å². The molecule has 2 aromatic carbocycles. The zero-order valence-corrected chi connectivity index (χ0v) is 17.2. The van der Waals surface area contributed by atoms with Crippen LogP contribution in [0.4, 0.5) is 5.69 Å². The van der Waals surface area contributed by atoms with Crippen LogP contribution >= 0.6 is 0 Å². The molecule has 0 aliphatic carbocycles. The Labute approximate surface area is 166 Å². The largest absolute Gasteiger partial charge is 0.496 e. The van der Waals surface area contributed by atoms with Gasteiger partial charge in [0.15, 0.2) is 0 Å². The number of anilines is 1. The molecule has 28 heavy (non-hydrogen) atoms. The Hall–Kier alpha value is -2.79. The molecule has 148 valence electrons. The van der Waals surface area contributed by atoms with E-state index in [1.54, 1.807) is 14.2 Å². The number of benzene rings is 2. The second-order valence-electron chi connectivity index (χ2n) is 7.53. The zero-order chi connectivity index (χ0) is 20.3. The van der Waals surface area contributed by atoms with Gasteiger partial charge in [0.05, 0.1) is 24.8 Å². The lowest BCUT2D eigenvalue weighted by atomic mass is 9.84. The third-order valence-corrected chi connectivity index (χ3v) is 4.85. The summed E-state index contributed by atoms with van der Waals surface area (Å²) in [6.07, 6.45) is 2.16. The maximum absolute atomic E-state index is 13.2. The third kappa shape index (κ3) is 3.90. The number of carbonyl (C=O) groups is 1. The van der Waals surface area contributed by atoms with Crippen LogP contribution in [0.15, 0.2) is 42.5 Å². The number of nitrogens with one attached hydrogen (secondary N) is 2. The van der Waals surface area contributed by atoms with Crippen molar-refractivity contribution >= 4 is 17.2 Å². The van der Waals surface area contributed by atoms with Crippen LogP contribution in [-0.4, -0.2) is 38.8 Å². The number of methoxy groups -OCH3 is 2. The summed E-state index contributed by atoms with van der Waals surface area (Å²) >= 11 is 0. The van der Waals surface area contributed by atoms with Gasteiger partial charge in [-0.2, -0.15) is 0 Å². The maximum atomic E-state index is 13.2. The molecule has 0 fully saturated rings. The lowest BCUT2D eigenvalue weighted by Gasteiger charge is -2.33. The van der Waals surface area contributed by atoms with Gasteiger partial charge in [0.1, 0.15) is 5.75 Å². The summed E-state index contributed by atoms with van der Waals surface area (Å²) in [5.74, 6) is 0.614. The molecule has 1 heterocycles. The van der Waals surface area contributed by atoms with E-state index >= 15 is 0 Å². The molecule has 1 amide bonds. The van der Waals surface area contributed by atoms with Crippen molar-refractivity contribution in [3.05, 3.63) is 53.6 Å². The molecular formula is C23H28N2O3. The Kier molecular flexibility index (Phi) is 5.75. The molecule has 0 aromatic heterocycles. The highest BCUT2D eigenvalue weighted by molar-refractivity contribution is 6.08. The molecule has 0 saturated carbocycles.